The number of nitrogens with zero attached hydrogens (tertiary/aromatic N) is 1. The molecule has 0 unspecified atom stereocenters. The van der Waals surface area contributed by atoms with Crippen LogP contribution in [0.2, 0.25) is 0 Å². The maximum Gasteiger partial charge on any atom is 0.389 e. The number of rotatable bonds is 5. The summed E-state index contributed by atoms with van der Waals surface area (Å²) in [4.78, 5) is 4.09. The molecule has 0 atom stereocenters. The Labute approximate surface area is 92.9 Å². The lowest BCUT2D eigenvalue weighted by Gasteiger charge is -2.08. The van der Waals surface area contributed by atoms with Crippen molar-refractivity contribution in [3.05, 3.63) is 23.9 Å². The van der Waals surface area contributed by atoms with Crippen molar-refractivity contribution in [1.29, 1.82) is 0 Å². The van der Waals surface area contributed by atoms with Gasteiger partial charge in [0.2, 0.25) is 0 Å². The van der Waals surface area contributed by atoms with Gasteiger partial charge >= 0.3 is 6.18 Å². The van der Waals surface area contributed by atoms with E-state index in [1.807, 2.05) is 19.1 Å². The highest BCUT2D eigenvalue weighted by atomic mass is 19.4. The Bertz CT molecular complexity index is 323. The first-order valence-electron chi connectivity index (χ1n) is 5.21. The molecule has 0 aliphatic heterocycles. The average molecular weight is 232 g/mol. The zero-order valence-corrected chi connectivity index (χ0v) is 9.14. The monoisotopic (exact) mass is 232 g/mol. The normalized spacial score (nSPS) is 11.5. The van der Waals surface area contributed by atoms with Crippen LogP contribution in [0.15, 0.2) is 18.3 Å². The van der Waals surface area contributed by atoms with Gasteiger partial charge in [-0.3, -0.25) is 0 Å². The van der Waals surface area contributed by atoms with E-state index in [1.54, 1.807) is 6.20 Å². The van der Waals surface area contributed by atoms with E-state index < -0.39 is 12.6 Å². The summed E-state index contributed by atoms with van der Waals surface area (Å²) in [6, 6.07) is 3.73. The first-order chi connectivity index (χ1) is 7.49. The molecule has 90 valence electrons. The van der Waals surface area contributed by atoms with Crippen molar-refractivity contribution >= 4 is 5.82 Å². The van der Waals surface area contributed by atoms with Crippen LogP contribution in [0.3, 0.4) is 0 Å². The van der Waals surface area contributed by atoms with Crippen LogP contribution in [0.1, 0.15) is 24.8 Å². The van der Waals surface area contributed by atoms with Crippen molar-refractivity contribution in [1.82, 2.24) is 4.98 Å². The lowest BCUT2D eigenvalue weighted by atomic mass is 10.2. The largest absolute Gasteiger partial charge is 0.389 e. The van der Waals surface area contributed by atoms with Gasteiger partial charge in [-0.2, -0.15) is 13.2 Å². The van der Waals surface area contributed by atoms with E-state index in [0.717, 1.165) is 11.4 Å². The quantitative estimate of drug-likeness (QED) is 0.785. The predicted molar refractivity (Wildman–Crippen MR) is 57.4 cm³/mol. The number of halogens is 3. The molecule has 1 aromatic heterocycles. The van der Waals surface area contributed by atoms with E-state index in [2.05, 4.69) is 10.3 Å². The second kappa shape index (κ2) is 5.72. The molecule has 16 heavy (non-hydrogen) atoms. The predicted octanol–water partition coefficient (Wildman–Crippen LogP) is 3.53. The molecule has 0 aliphatic rings. The first-order valence-corrected chi connectivity index (χ1v) is 5.21. The number of unbranched alkanes of at least 4 members (excludes halogenated alkanes) is 1. The van der Waals surface area contributed by atoms with E-state index in [-0.39, 0.29) is 6.42 Å². The van der Waals surface area contributed by atoms with Crippen molar-refractivity contribution in [2.75, 3.05) is 11.9 Å². The molecule has 0 aromatic carbocycles. The zero-order chi connectivity index (χ0) is 12.0. The summed E-state index contributed by atoms with van der Waals surface area (Å²) in [6.07, 6.45) is -2.44. The molecule has 1 rings (SSSR count). The SMILES string of the molecule is Cc1cccnc1NCCCCC(F)(F)F. The van der Waals surface area contributed by atoms with Crippen molar-refractivity contribution in [3.63, 3.8) is 0 Å². The maximum atomic E-state index is 11.8. The molecular weight excluding hydrogens is 217 g/mol. The van der Waals surface area contributed by atoms with Crippen LogP contribution in [0, 0.1) is 6.92 Å². The third-order valence-electron chi connectivity index (χ3n) is 2.19. The van der Waals surface area contributed by atoms with Crippen LogP contribution in [0.25, 0.3) is 0 Å². The Hall–Kier alpha value is -1.26. The van der Waals surface area contributed by atoms with Crippen LogP contribution in [0.5, 0.6) is 0 Å². The molecule has 0 spiro atoms. The summed E-state index contributed by atoms with van der Waals surface area (Å²) in [6.45, 7) is 2.43. The summed E-state index contributed by atoms with van der Waals surface area (Å²) in [7, 11) is 0. The van der Waals surface area contributed by atoms with Gasteiger partial charge in [0, 0.05) is 19.2 Å². The molecule has 0 saturated heterocycles. The first kappa shape index (κ1) is 12.8. The Balaban J connectivity index is 2.19. The molecule has 0 bridgehead atoms. The zero-order valence-electron chi connectivity index (χ0n) is 9.14. The van der Waals surface area contributed by atoms with E-state index in [0.29, 0.717) is 13.0 Å². The highest BCUT2D eigenvalue weighted by molar-refractivity contribution is 5.42. The Morgan fingerprint density at radius 2 is 2.06 bits per heavy atom. The fourth-order valence-corrected chi connectivity index (χ4v) is 1.33. The fourth-order valence-electron chi connectivity index (χ4n) is 1.33. The van der Waals surface area contributed by atoms with E-state index in [9.17, 15) is 13.2 Å². The Morgan fingerprint density at radius 3 is 2.69 bits per heavy atom. The maximum absolute atomic E-state index is 11.8. The summed E-state index contributed by atoms with van der Waals surface area (Å²) in [5, 5.41) is 3.02. The molecule has 1 N–H and O–H groups in total. The van der Waals surface area contributed by atoms with Crippen LogP contribution < -0.4 is 5.32 Å². The number of nitrogens with one attached hydrogen (secondary N) is 1. The molecule has 0 amide bonds. The minimum absolute atomic E-state index is 0.155. The Kier molecular flexibility index (Phi) is 4.58. The summed E-state index contributed by atoms with van der Waals surface area (Å²) in [5.41, 5.74) is 0.998. The van der Waals surface area contributed by atoms with Gasteiger partial charge in [-0.05, 0) is 31.4 Å². The van der Waals surface area contributed by atoms with Crippen molar-refractivity contribution in [2.24, 2.45) is 0 Å². The van der Waals surface area contributed by atoms with Gasteiger partial charge in [0.25, 0.3) is 0 Å². The topological polar surface area (TPSA) is 24.9 Å². The van der Waals surface area contributed by atoms with Gasteiger partial charge in [-0.1, -0.05) is 6.07 Å². The second-order valence-electron chi connectivity index (χ2n) is 3.67. The van der Waals surface area contributed by atoms with Crippen LogP contribution in [0.4, 0.5) is 19.0 Å². The molecule has 0 fully saturated rings. The van der Waals surface area contributed by atoms with Crippen molar-refractivity contribution in [2.45, 2.75) is 32.4 Å². The molecule has 5 heteroatoms. The fraction of sp³-hybridized carbons (Fsp3) is 0.545. The van der Waals surface area contributed by atoms with E-state index in [4.69, 9.17) is 0 Å². The molecule has 0 radical (unpaired) electrons. The number of aryl methyl sites for hydroxylation is 1. The molecular formula is C11H15F3N2. The van der Waals surface area contributed by atoms with Gasteiger partial charge in [-0.25, -0.2) is 4.98 Å². The molecule has 1 aromatic rings. The average Bonchev–Trinajstić information content (AvgIpc) is 2.18. The smallest absolute Gasteiger partial charge is 0.370 e. The number of aromatic nitrogens is 1. The van der Waals surface area contributed by atoms with Gasteiger partial charge in [-0.15, -0.1) is 0 Å². The number of hydrogen-bond acceptors (Lipinski definition) is 2. The van der Waals surface area contributed by atoms with Crippen LogP contribution in [-0.2, 0) is 0 Å². The van der Waals surface area contributed by atoms with Gasteiger partial charge in [0.15, 0.2) is 0 Å². The second-order valence-corrected chi connectivity index (χ2v) is 3.67. The number of pyridine rings is 1. The van der Waals surface area contributed by atoms with Gasteiger partial charge in [0.05, 0.1) is 0 Å². The number of anilines is 1. The summed E-state index contributed by atoms with van der Waals surface area (Å²) < 4.78 is 35.5. The minimum atomic E-state index is -4.04. The molecule has 1 heterocycles. The van der Waals surface area contributed by atoms with Crippen LogP contribution >= 0.6 is 0 Å². The lowest BCUT2D eigenvalue weighted by molar-refractivity contribution is -0.135. The molecule has 2 nitrogen and oxygen atoms in total. The third kappa shape index (κ3) is 5.00. The van der Waals surface area contributed by atoms with E-state index in [1.165, 1.54) is 0 Å². The highest BCUT2D eigenvalue weighted by Gasteiger charge is 2.25. The number of hydrogen-bond donors (Lipinski definition) is 1. The Morgan fingerprint density at radius 1 is 1.31 bits per heavy atom. The molecule has 0 saturated carbocycles. The highest BCUT2D eigenvalue weighted by Crippen LogP contribution is 2.22. The standard InChI is InChI=1S/C11H15F3N2/c1-9-5-4-8-16-10(9)15-7-3-2-6-11(12,13)14/h4-5,8H,2-3,6-7H2,1H3,(H,15,16). The minimum Gasteiger partial charge on any atom is -0.370 e. The van der Waals surface area contributed by atoms with Gasteiger partial charge in [0.1, 0.15) is 5.82 Å². The summed E-state index contributed by atoms with van der Waals surface area (Å²) in [5.74, 6) is 0.745. The van der Waals surface area contributed by atoms with Crippen molar-refractivity contribution < 1.29 is 13.2 Å². The van der Waals surface area contributed by atoms with Gasteiger partial charge < -0.3 is 5.32 Å². The van der Waals surface area contributed by atoms with Crippen LogP contribution in [-0.4, -0.2) is 17.7 Å². The third-order valence-corrected chi connectivity index (χ3v) is 2.19. The van der Waals surface area contributed by atoms with Crippen molar-refractivity contribution in [3.8, 4) is 0 Å². The molecule has 0 aliphatic carbocycles. The summed E-state index contributed by atoms with van der Waals surface area (Å²) >= 11 is 0. The number of alkyl halides is 3. The lowest BCUT2D eigenvalue weighted by Crippen LogP contribution is -2.09. The van der Waals surface area contributed by atoms with E-state index >= 15 is 0 Å².